The van der Waals surface area contributed by atoms with Crippen LogP contribution in [0.15, 0.2) is 30.3 Å². The number of carbonyl (C=O) groups excluding carboxylic acids is 1. The minimum atomic E-state index is -4.74. The predicted octanol–water partition coefficient (Wildman–Crippen LogP) is 3.78. The van der Waals surface area contributed by atoms with Gasteiger partial charge in [0.2, 0.25) is 0 Å². The molecule has 1 N–H and O–H groups in total. The minimum Gasteiger partial charge on any atom is -0.378 e. The van der Waals surface area contributed by atoms with Crippen molar-refractivity contribution >= 4 is 5.78 Å². The third-order valence-corrected chi connectivity index (χ3v) is 3.33. The molecule has 1 aromatic carbocycles. The smallest absolute Gasteiger partial charge is 0.339 e. The van der Waals surface area contributed by atoms with Crippen LogP contribution in [0.3, 0.4) is 0 Å². The molecule has 1 atom stereocenters. The summed E-state index contributed by atoms with van der Waals surface area (Å²) in [7, 11) is 0. The second-order valence-corrected chi connectivity index (χ2v) is 6.00. The Morgan fingerprint density at radius 2 is 1.62 bits per heavy atom. The van der Waals surface area contributed by atoms with E-state index in [-0.39, 0.29) is 0 Å². The highest BCUT2D eigenvalue weighted by Crippen LogP contribution is 2.45. The highest BCUT2D eigenvalue weighted by Gasteiger charge is 2.61. The molecule has 0 amide bonds. The Kier molecular flexibility index (Phi) is 4.83. The summed E-state index contributed by atoms with van der Waals surface area (Å²) in [5.74, 6) is -5.47. The predicted molar refractivity (Wildman–Crippen MR) is 70.4 cm³/mol. The number of halogens is 4. The average Bonchev–Trinajstić information content (AvgIpc) is 2.38. The van der Waals surface area contributed by atoms with E-state index in [4.69, 9.17) is 0 Å². The van der Waals surface area contributed by atoms with Gasteiger partial charge in [0.15, 0.2) is 5.60 Å². The third-order valence-electron chi connectivity index (χ3n) is 3.33. The van der Waals surface area contributed by atoms with Crippen molar-refractivity contribution in [3.8, 4) is 0 Å². The molecule has 0 bridgehead atoms. The Bertz CT molecular complexity index is 494. The Hall–Kier alpha value is -1.43. The number of rotatable bonds is 5. The van der Waals surface area contributed by atoms with Gasteiger partial charge in [0.05, 0.1) is 0 Å². The van der Waals surface area contributed by atoms with Gasteiger partial charge in [-0.15, -0.1) is 0 Å². The van der Waals surface area contributed by atoms with Crippen LogP contribution in [0.4, 0.5) is 17.6 Å². The number of hydrogen-bond acceptors (Lipinski definition) is 2. The average molecular weight is 306 g/mol. The molecule has 0 aliphatic carbocycles. The van der Waals surface area contributed by atoms with Crippen molar-refractivity contribution in [3.05, 3.63) is 35.9 Å². The first-order chi connectivity index (χ1) is 9.43. The number of alkyl halides is 4. The second-order valence-electron chi connectivity index (χ2n) is 6.00. The van der Waals surface area contributed by atoms with Gasteiger partial charge in [0.25, 0.3) is 0 Å². The molecule has 118 valence electrons. The maximum atomic E-state index is 13.9. The van der Waals surface area contributed by atoms with Gasteiger partial charge in [-0.2, -0.15) is 8.78 Å². The zero-order chi connectivity index (χ0) is 16.5. The first-order valence-electron chi connectivity index (χ1n) is 6.40. The van der Waals surface area contributed by atoms with Crippen molar-refractivity contribution in [2.24, 2.45) is 5.41 Å². The molecule has 0 unspecified atom stereocenters. The van der Waals surface area contributed by atoms with E-state index in [1.54, 1.807) is 0 Å². The molecule has 0 heterocycles. The molecule has 0 saturated heterocycles. The van der Waals surface area contributed by atoms with E-state index in [1.165, 1.54) is 39.0 Å². The lowest BCUT2D eigenvalue weighted by molar-refractivity contribution is -0.250. The quantitative estimate of drug-likeness (QED) is 0.841. The molecule has 0 aliphatic heterocycles. The Morgan fingerprint density at radius 3 is 2.00 bits per heavy atom. The lowest BCUT2D eigenvalue weighted by atomic mass is 9.77. The van der Waals surface area contributed by atoms with E-state index in [2.05, 4.69) is 0 Å². The van der Waals surface area contributed by atoms with Crippen LogP contribution in [0.25, 0.3) is 0 Å². The fraction of sp³-hybridized carbons (Fsp3) is 0.533. The minimum absolute atomic E-state index is 0.409. The van der Waals surface area contributed by atoms with Crippen LogP contribution < -0.4 is 0 Å². The van der Waals surface area contributed by atoms with Gasteiger partial charge >= 0.3 is 12.3 Å². The standard InChI is InChI=1S/C15H18F4O2/c1-13(2,3)11(20)9-14(21,15(18,19)12(16)17)10-7-5-4-6-8-10/h4-8,12,21H,9H2,1-3H3/t14-/m0/s1. The summed E-state index contributed by atoms with van der Waals surface area (Å²) >= 11 is 0. The number of Topliss-reactive ketones (excluding diaryl/α,β-unsaturated/α-hetero) is 1. The summed E-state index contributed by atoms with van der Waals surface area (Å²) in [5.41, 5.74) is -4.68. The number of benzene rings is 1. The zero-order valence-corrected chi connectivity index (χ0v) is 12.0. The number of carbonyl (C=O) groups is 1. The summed E-state index contributed by atoms with van der Waals surface area (Å²) in [6, 6.07) is 6.38. The van der Waals surface area contributed by atoms with Gasteiger partial charge < -0.3 is 5.11 Å². The van der Waals surface area contributed by atoms with E-state index < -0.39 is 41.1 Å². The molecule has 6 heteroatoms. The fourth-order valence-electron chi connectivity index (χ4n) is 1.80. The summed E-state index contributed by atoms with van der Waals surface area (Å²) in [6.45, 7) is 4.42. The third kappa shape index (κ3) is 3.43. The first kappa shape index (κ1) is 17.6. The Balaban J connectivity index is 3.35. The molecule has 0 spiro atoms. The van der Waals surface area contributed by atoms with E-state index >= 15 is 0 Å². The highest BCUT2D eigenvalue weighted by atomic mass is 19.3. The first-order valence-corrected chi connectivity index (χ1v) is 6.40. The monoisotopic (exact) mass is 306 g/mol. The van der Waals surface area contributed by atoms with Crippen molar-refractivity contribution in [3.63, 3.8) is 0 Å². The Morgan fingerprint density at radius 1 is 1.14 bits per heavy atom. The van der Waals surface area contributed by atoms with Crippen LogP contribution in [-0.2, 0) is 10.4 Å². The summed E-state index contributed by atoms with van der Waals surface area (Å²) in [6.07, 6.45) is -5.17. The van der Waals surface area contributed by atoms with Gasteiger partial charge in [-0.05, 0) is 5.56 Å². The van der Waals surface area contributed by atoms with E-state index in [1.807, 2.05) is 0 Å². The zero-order valence-electron chi connectivity index (χ0n) is 12.0. The number of hydrogen-bond donors (Lipinski definition) is 1. The molecular weight excluding hydrogens is 288 g/mol. The molecule has 0 fully saturated rings. The van der Waals surface area contributed by atoms with Crippen molar-refractivity contribution in [2.45, 2.75) is 45.1 Å². The lowest BCUT2D eigenvalue weighted by Gasteiger charge is -2.36. The second kappa shape index (κ2) is 5.75. The number of aliphatic hydroxyl groups is 1. The van der Waals surface area contributed by atoms with Gasteiger partial charge in [-0.1, -0.05) is 51.1 Å². The van der Waals surface area contributed by atoms with E-state index in [9.17, 15) is 27.5 Å². The van der Waals surface area contributed by atoms with Gasteiger partial charge in [0.1, 0.15) is 5.78 Å². The molecular formula is C15H18F4O2. The fourth-order valence-corrected chi connectivity index (χ4v) is 1.80. The number of ketones is 1. The lowest BCUT2D eigenvalue weighted by Crippen LogP contribution is -2.52. The maximum Gasteiger partial charge on any atom is 0.339 e. The summed E-state index contributed by atoms with van der Waals surface area (Å²) in [5, 5.41) is 10.3. The largest absolute Gasteiger partial charge is 0.378 e. The van der Waals surface area contributed by atoms with Crippen molar-refractivity contribution in [1.82, 2.24) is 0 Å². The van der Waals surface area contributed by atoms with E-state index in [0.29, 0.717) is 0 Å². The van der Waals surface area contributed by atoms with E-state index in [0.717, 1.165) is 12.1 Å². The van der Waals surface area contributed by atoms with Gasteiger partial charge in [-0.3, -0.25) is 4.79 Å². The van der Waals surface area contributed by atoms with Crippen LogP contribution in [-0.4, -0.2) is 23.2 Å². The van der Waals surface area contributed by atoms with Crippen molar-refractivity contribution < 1.29 is 27.5 Å². The molecule has 0 aliphatic rings. The molecule has 0 aromatic heterocycles. The van der Waals surface area contributed by atoms with Crippen LogP contribution in [0.5, 0.6) is 0 Å². The molecule has 0 saturated carbocycles. The van der Waals surface area contributed by atoms with Gasteiger partial charge in [0, 0.05) is 11.8 Å². The summed E-state index contributed by atoms with van der Waals surface area (Å²) in [4.78, 5) is 12.0. The molecule has 2 nitrogen and oxygen atoms in total. The van der Waals surface area contributed by atoms with Crippen LogP contribution in [0.2, 0.25) is 0 Å². The SMILES string of the molecule is CC(C)(C)C(=O)C[C@](O)(c1ccccc1)C(F)(F)C(F)F. The molecule has 1 rings (SSSR count). The van der Waals surface area contributed by atoms with Crippen LogP contribution in [0, 0.1) is 5.41 Å². The molecule has 21 heavy (non-hydrogen) atoms. The maximum absolute atomic E-state index is 13.9. The highest BCUT2D eigenvalue weighted by molar-refractivity contribution is 5.84. The van der Waals surface area contributed by atoms with Crippen molar-refractivity contribution in [1.29, 1.82) is 0 Å². The topological polar surface area (TPSA) is 37.3 Å². The summed E-state index contributed by atoms with van der Waals surface area (Å²) < 4.78 is 53.2. The normalized spacial score (nSPS) is 15.9. The molecule has 0 radical (unpaired) electrons. The van der Waals surface area contributed by atoms with Crippen molar-refractivity contribution in [2.75, 3.05) is 0 Å². The molecule has 1 aromatic rings. The van der Waals surface area contributed by atoms with Crippen LogP contribution >= 0.6 is 0 Å². The van der Waals surface area contributed by atoms with Gasteiger partial charge in [-0.25, -0.2) is 8.78 Å². The Labute approximate surface area is 120 Å². The van der Waals surface area contributed by atoms with Crippen LogP contribution in [0.1, 0.15) is 32.8 Å².